The summed E-state index contributed by atoms with van der Waals surface area (Å²) in [5, 5.41) is 11.4. The van der Waals surface area contributed by atoms with E-state index in [-0.39, 0.29) is 11.6 Å². The number of benzene rings is 5. The number of unbranched alkanes of at least 4 members (excludes halogenated alkanes) is 1. The third-order valence-electron chi connectivity index (χ3n) is 6.83. The molecule has 0 amide bonds. The van der Waals surface area contributed by atoms with Gasteiger partial charge in [0, 0.05) is 17.2 Å². The van der Waals surface area contributed by atoms with Crippen molar-refractivity contribution < 1.29 is 13.9 Å². The first-order valence-electron chi connectivity index (χ1n) is 12.9. The number of hydrogen-bond donors (Lipinski definition) is 1. The molecule has 0 aromatic heterocycles. The predicted octanol–water partition coefficient (Wildman–Crippen LogP) is 9.21. The van der Waals surface area contributed by atoms with Gasteiger partial charge in [-0.3, -0.25) is 0 Å². The van der Waals surface area contributed by atoms with Crippen LogP contribution in [0.5, 0.6) is 5.75 Å². The van der Waals surface area contributed by atoms with Gasteiger partial charge in [0.1, 0.15) is 17.4 Å². The van der Waals surface area contributed by atoms with Crippen molar-refractivity contribution in [3.05, 3.63) is 125 Å². The van der Waals surface area contributed by atoms with Gasteiger partial charge in [0.25, 0.3) is 0 Å². The summed E-state index contributed by atoms with van der Waals surface area (Å²) in [5.41, 5.74) is 6.18. The summed E-state index contributed by atoms with van der Waals surface area (Å²) in [6.07, 6.45) is 3.39. The van der Waals surface area contributed by atoms with Crippen molar-refractivity contribution >= 4 is 10.8 Å². The van der Waals surface area contributed by atoms with E-state index >= 15 is 4.39 Å². The average Bonchev–Trinajstić information content (AvgIpc) is 2.91. The third kappa shape index (κ3) is 5.45. The predicted molar refractivity (Wildman–Crippen MR) is 152 cm³/mol. The molecule has 0 unspecified atom stereocenters. The molecule has 188 valence electrons. The minimum absolute atomic E-state index is 0.104. The molecule has 0 heterocycles. The molecule has 3 heteroatoms. The summed E-state index contributed by atoms with van der Waals surface area (Å²) in [7, 11) is 0. The third-order valence-corrected chi connectivity index (χ3v) is 6.83. The quantitative estimate of drug-likeness (QED) is 0.238. The largest absolute Gasteiger partial charge is 0.508 e. The smallest absolute Gasteiger partial charge is 0.139 e. The second-order valence-corrected chi connectivity index (χ2v) is 9.64. The minimum atomic E-state index is -0.473. The van der Waals surface area contributed by atoms with Crippen LogP contribution in [0.3, 0.4) is 0 Å². The fraction of sp³-hybridized carbons (Fsp3) is 0.143. The highest BCUT2D eigenvalue weighted by Gasteiger charge is 2.10. The maximum absolute atomic E-state index is 15.2. The Hall–Kier alpha value is -4.42. The maximum Gasteiger partial charge on any atom is 0.139 e. The molecule has 5 aromatic rings. The lowest BCUT2D eigenvalue weighted by molar-refractivity contribution is 0.469. The Morgan fingerprint density at radius 2 is 1.39 bits per heavy atom. The molecule has 1 nitrogen and oxygen atoms in total. The minimum Gasteiger partial charge on any atom is -0.508 e. The van der Waals surface area contributed by atoms with Crippen LogP contribution in [-0.2, 0) is 6.42 Å². The fourth-order valence-electron chi connectivity index (χ4n) is 4.67. The average molecular weight is 503 g/mol. The summed E-state index contributed by atoms with van der Waals surface area (Å²) in [5.74, 6) is 5.21. The summed E-state index contributed by atoms with van der Waals surface area (Å²) in [4.78, 5) is 0. The molecular formula is C35H28F2O. The van der Waals surface area contributed by atoms with Crippen molar-refractivity contribution in [2.45, 2.75) is 33.1 Å². The monoisotopic (exact) mass is 502 g/mol. The van der Waals surface area contributed by atoms with Crippen molar-refractivity contribution in [1.29, 1.82) is 0 Å². The van der Waals surface area contributed by atoms with Crippen molar-refractivity contribution in [3.8, 4) is 39.8 Å². The Balaban J connectivity index is 1.41. The summed E-state index contributed by atoms with van der Waals surface area (Å²) < 4.78 is 29.5. The van der Waals surface area contributed by atoms with E-state index in [1.165, 1.54) is 30.5 Å². The van der Waals surface area contributed by atoms with Gasteiger partial charge in [-0.25, -0.2) is 8.78 Å². The van der Waals surface area contributed by atoms with Gasteiger partial charge < -0.3 is 5.11 Å². The van der Waals surface area contributed by atoms with Crippen LogP contribution >= 0.6 is 0 Å². The number of halogens is 2. The molecular weight excluding hydrogens is 474 g/mol. The lowest BCUT2D eigenvalue weighted by Gasteiger charge is -2.10. The van der Waals surface area contributed by atoms with Crippen LogP contribution in [0.1, 0.15) is 42.0 Å². The SMILES string of the molecule is CCCCc1ccc(C#Cc2c(C)cc(-c3ccc4cc(-c5ccc(O)cc5F)ccc4c3)cc2F)cc1. The van der Waals surface area contributed by atoms with E-state index in [1.807, 2.05) is 61.5 Å². The molecule has 0 bridgehead atoms. The van der Waals surface area contributed by atoms with Crippen LogP contribution in [0.2, 0.25) is 0 Å². The molecule has 5 rings (SSSR count). The lowest BCUT2D eigenvalue weighted by atomic mass is 9.95. The summed E-state index contributed by atoms with van der Waals surface area (Å²) in [6.45, 7) is 4.06. The Labute approximate surface area is 222 Å². The molecule has 0 aliphatic rings. The molecule has 1 N–H and O–H groups in total. The normalized spacial score (nSPS) is 10.8. The second-order valence-electron chi connectivity index (χ2n) is 9.64. The number of phenolic OH excluding ortho intramolecular Hbond substituents is 1. The molecule has 0 aliphatic carbocycles. The molecule has 0 saturated heterocycles. The standard InChI is InChI=1S/C35H28F2O/c1-3-4-5-24-6-8-25(9-7-24)10-16-32-23(2)18-30(21-34(32)36)28-12-11-27-20-29(14-13-26(27)19-28)33-17-15-31(38)22-35(33)37/h6-9,11-15,17-22,38H,3-5H2,1-2H3. The van der Waals surface area contributed by atoms with E-state index in [2.05, 4.69) is 30.9 Å². The van der Waals surface area contributed by atoms with Gasteiger partial charge in [-0.1, -0.05) is 61.6 Å². The molecule has 5 aromatic carbocycles. The fourth-order valence-corrected chi connectivity index (χ4v) is 4.67. The van der Waals surface area contributed by atoms with Crippen molar-refractivity contribution in [1.82, 2.24) is 0 Å². The first kappa shape index (κ1) is 25.2. The van der Waals surface area contributed by atoms with E-state index in [4.69, 9.17) is 0 Å². The lowest BCUT2D eigenvalue weighted by Crippen LogP contribution is -1.92. The van der Waals surface area contributed by atoms with Crippen LogP contribution in [-0.4, -0.2) is 5.11 Å². The second kappa shape index (κ2) is 10.9. The Bertz CT molecular complexity index is 1660. The highest BCUT2D eigenvalue weighted by molar-refractivity contribution is 5.91. The van der Waals surface area contributed by atoms with Gasteiger partial charge in [0.05, 0.1) is 5.56 Å². The number of aromatic hydroxyl groups is 1. The van der Waals surface area contributed by atoms with Gasteiger partial charge in [-0.2, -0.15) is 0 Å². The molecule has 38 heavy (non-hydrogen) atoms. The zero-order valence-corrected chi connectivity index (χ0v) is 21.5. The number of aryl methyl sites for hydroxylation is 2. The zero-order chi connectivity index (χ0) is 26.6. The van der Waals surface area contributed by atoms with Gasteiger partial charge in [0.2, 0.25) is 0 Å². The van der Waals surface area contributed by atoms with E-state index in [0.29, 0.717) is 11.1 Å². The highest BCUT2D eigenvalue weighted by Crippen LogP contribution is 2.32. The number of hydrogen-bond acceptors (Lipinski definition) is 1. The topological polar surface area (TPSA) is 20.2 Å². The first-order valence-corrected chi connectivity index (χ1v) is 12.9. The first-order chi connectivity index (χ1) is 18.4. The summed E-state index contributed by atoms with van der Waals surface area (Å²) in [6, 6.07) is 27.4. The number of fused-ring (bicyclic) bond motifs is 1. The van der Waals surface area contributed by atoms with Gasteiger partial charge in [-0.05, 0) is 107 Å². The van der Waals surface area contributed by atoms with E-state index in [0.717, 1.165) is 51.1 Å². The van der Waals surface area contributed by atoms with Crippen LogP contribution in [0.4, 0.5) is 8.78 Å². The molecule has 0 atom stereocenters. The molecule has 0 spiro atoms. The number of phenols is 1. The van der Waals surface area contributed by atoms with Crippen LogP contribution in [0.25, 0.3) is 33.0 Å². The summed E-state index contributed by atoms with van der Waals surface area (Å²) >= 11 is 0. The molecule has 0 saturated carbocycles. The Kier molecular flexibility index (Phi) is 7.24. The molecule has 0 fully saturated rings. The van der Waals surface area contributed by atoms with Crippen LogP contribution in [0.15, 0.2) is 91.0 Å². The van der Waals surface area contributed by atoms with Gasteiger partial charge >= 0.3 is 0 Å². The van der Waals surface area contributed by atoms with Crippen LogP contribution < -0.4 is 0 Å². The van der Waals surface area contributed by atoms with Crippen LogP contribution in [0, 0.1) is 30.4 Å². The molecule has 0 aliphatic heterocycles. The van der Waals surface area contributed by atoms with E-state index < -0.39 is 5.82 Å². The Morgan fingerprint density at radius 1 is 0.684 bits per heavy atom. The van der Waals surface area contributed by atoms with E-state index in [9.17, 15) is 9.50 Å². The van der Waals surface area contributed by atoms with Crippen molar-refractivity contribution in [3.63, 3.8) is 0 Å². The van der Waals surface area contributed by atoms with E-state index in [1.54, 1.807) is 6.07 Å². The van der Waals surface area contributed by atoms with Gasteiger partial charge in [0.15, 0.2) is 0 Å². The van der Waals surface area contributed by atoms with Gasteiger partial charge in [-0.15, -0.1) is 0 Å². The maximum atomic E-state index is 15.2. The van der Waals surface area contributed by atoms with Crippen molar-refractivity contribution in [2.24, 2.45) is 0 Å². The highest BCUT2D eigenvalue weighted by atomic mass is 19.1. The Morgan fingerprint density at radius 3 is 2.08 bits per heavy atom. The van der Waals surface area contributed by atoms with Crippen molar-refractivity contribution in [2.75, 3.05) is 0 Å². The zero-order valence-electron chi connectivity index (χ0n) is 21.5. The number of rotatable bonds is 5. The molecule has 0 radical (unpaired) electrons.